The fourth-order valence-electron chi connectivity index (χ4n) is 2.15. The van der Waals surface area contributed by atoms with Gasteiger partial charge in [-0.05, 0) is 42.7 Å². The maximum Gasteiger partial charge on any atom is 0.416 e. The van der Waals surface area contributed by atoms with Crippen molar-refractivity contribution in [1.82, 2.24) is 9.36 Å². The molecule has 1 heterocycles. The predicted octanol–water partition coefficient (Wildman–Crippen LogP) is 5.26. The third-order valence-corrected chi connectivity index (χ3v) is 5.37. The number of nitrogens with one attached hydrogen (secondary N) is 1. The Morgan fingerprint density at radius 2 is 1.78 bits per heavy atom. The lowest BCUT2D eigenvalue weighted by Crippen LogP contribution is -2.14. The number of hydrogen-bond acceptors (Lipinski definition) is 5. The number of halogens is 3. The first-order valence-corrected chi connectivity index (χ1v) is 9.58. The first-order chi connectivity index (χ1) is 12.8. The predicted molar refractivity (Wildman–Crippen MR) is 101 cm³/mol. The Balaban J connectivity index is 1.54. The summed E-state index contributed by atoms with van der Waals surface area (Å²) in [4.78, 5) is 16.4. The van der Waals surface area contributed by atoms with Crippen molar-refractivity contribution in [2.24, 2.45) is 0 Å². The van der Waals surface area contributed by atoms with Crippen LogP contribution in [0.4, 0.5) is 18.9 Å². The number of nitrogens with zero attached hydrogens (tertiary/aromatic N) is 2. The van der Waals surface area contributed by atoms with Crippen LogP contribution >= 0.6 is 23.3 Å². The number of carbonyl (C=O) groups is 1. The lowest BCUT2D eigenvalue weighted by Gasteiger charge is -2.08. The van der Waals surface area contributed by atoms with Crippen LogP contribution in [-0.2, 0) is 11.0 Å². The van der Waals surface area contributed by atoms with Gasteiger partial charge in [0.1, 0.15) is 0 Å². The average Bonchev–Trinajstić information content (AvgIpc) is 3.09. The molecule has 0 fully saturated rings. The Kier molecular flexibility index (Phi) is 5.81. The molecule has 0 aliphatic heterocycles. The van der Waals surface area contributed by atoms with E-state index in [0.717, 1.165) is 23.3 Å². The van der Waals surface area contributed by atoms with Gasteiger partial charge in [-0.2, -0.15) is 17.5 Å². The minimum atomic E-state index is -4.40. The average molecular weight is 409 g/mol. The van der Waals surface area contributed by atoms with Gasteiger partial charge >= 0.3 is 6.18 Å². The summed E-state index contributed by atoms with van der Waals surface area (Å²) in [6, 6.07) is 12.1. The Hall–Kier alpha value is -2.39. The topological polar surface area (TPSA) is 54.9 Å². The lowest BCUT2D eigenvalue weighted by molar-refractivity contribution is -0.137. The third-order valence-electron chi connectivity index (χ3n) is 3.54. The molecule has 0 saturated heterocycles. The SMILES string of the molecule is Cc1ccc(-c2nsc(SCC(=O)Nc3ccc(C(F)(F)F)cc3)n2)cc1. The first kappa shape index (κ1) is 19.4. The molecule has 27 heavy (non-hydrogen) atoms. The highest BCUT2D eigenvalue weighted by molar-refractivity contribution is 8.01. The van der Waals surface area contributed by atoms with E-state index in [1.54, 1.807) is 0 Å². The summed E-state index contributed by atoms with van der Waals surface area (Å²) in [7, 11) is 0. The largest absolute Gasteiger partial charge is 0.416 e. The second-order valence-corrected chi connectivity index (χ2v) is 7.64. The van der Waals surface area contributed by atoms with Gasteiger partial charge < -0.3 is 5.32 Å². The quantitative estimate of drug-likeness (QED) is 0.584. The molecule has 0 radical (unpaired) electrons. The summed E-state index contributed by atoms with van der Waals surface area (Å²) in [5.41, 5.74) is 1.60. The van der Waals surface area contributed by atoms with Crippen LogP contribution in [0.2, 0.25) is 0 Å². The number of amides is 1. The molecule has 1 aromatic heterocycles. The Bertz CT molecular complexity index is 922. The van der Waals surface area contributed by atoms with Crippen molar-refractivity contribution in [3.63, 3.8) is 0 Å². The van der Waals surface area contributed by atoms with Gasteiger partial charge in [0, 0.05) is 11.3 Å². The molecule has 1 amide bonds. The van der Waals surface area contributed by atoms with E-state index in [4.69, 9.17) is 0 Å². The van der Waals surface area contributed by atoms with Gasteiger partial charge in [0.2, 0.25) is 5.91 Å². The normalized spacial score (nSPS) is 11.4. The minimum Gasteiger partial charge on any atom is -0.325 e. The zero-order valence-electron chi connectivity index (χ0n) is 14.1. The van der Waals surface area contributed by atoms with Gasteiger partial charge in [-0.15, -0.1) is 0 Å². The fourth-order valence-corrected chi connectivity index (χ4v) is 3.57. The van der Waals surface area contributed by atoms with Gasteiger partial charge in [-0.1, -0.05) is 41.6 Å². The molecule has 0 saturated carbocycles. The molecule has 2 aromatic carbocycles. The summed E-state index contributed by atoms with van der Waals surface area (Å²) < 4.78 is 42.5. The second kappa shape index (κ2) is 8.10. The zero-order valence-corrected chi connectivity index (χ0v) is 15.7. The molecule has 1 N–H and O–H groups in total. The molecule has 0 unspecified atom stereocenters. The van der Waals surface area contributed by atoms with Gasteiger partial charge in [-0.25, -0.2) is 4.98 Å². The molecule has 140 valence electrons. The van der Waals surface area contributed by atoms with Crippen LogP contribution in [0.15, 0.2) is 52.9 Å². The van der Waals surface area contributed by atoms with Crippen molar-refractivity contribution < 1.29 is 18.0 Å². The van der Waals surface area contributed by atoms with E-state index in [2.05, 4.69) is 14.7 Å². The number of anilines is 1. The van der Waals surface area contributed by atoms with Crippen LogP contribution in [0.1, 0.15) is 11.1 Å². The zero-order chi connectivity index (χ0) is 19.4. The number of benzene rings is 2. The fraction of sp³-hybridized carbons (Fsp3) is 0.167. The van der Waals surface area contributed by atoms with Gasteiger partial charge in [-0.3, -0.25) is 4.79 Å². The van der Waals surface area contributed by atoms with Crippen molar-refractivity contribution in [1.29, 1.82) is 0 Å². The maximum absolute atomic E-state index is 12.5. The van der Waals surface area contributed by atoms with Crippen molar-refractivity contribution in [2.45, 2.75) is 17.4 Å². The summed E-state index contributed by atoms with van der Waals surface area (Å²) in [5.74, 6) is 0.362. The van der Waals surface area contributed by atoms with Gasteiger partial charge in [0.15, 0.2) is 10.2 Å². The number of alkyl halides is 3. The Morgan fingerprint density at radius 1 is 1.11 bits per heavy atom. The Labute approximate surface area is 162 Å². The van der Waals surface area contributed by atoms with E-state index in [0.29, 0.717) is 15.9 Å². The molecule has 0 atom stereocenters. The molecule has 0 aliphatic carbocycles. The van der Waals surface area contributed by atoms with Gasteiger partial charge in [0.05, 0.1) is 11.3 Å². The second-order valence-electron chi connectivity index (χ2n) is 5.66. The van der Waals surface area contributed by atoms with E-state index >= 15 is 0 Å². The molecule has 9 heteroatoms. The van der Waals surface area contributed by atoms with E-state index in [-0.39, 0.29) is 11.7 Å². The summed E-state index contributed by atoms with van der Waals surface area (Å²) in [6.07, 6.45) is -4.40. The molecule has 0 spiro atoms. The number of hydrogen-bond donors (Lipinski definition) is 1. The summed E-state index contributed by atoms with van der Waals surface area (Å²) in [5, 5.41) is 2.56. The molecule has 0 bridgehead atoms. The monoisotopic (exact) mass is 409 g/mol. The van der Waals surface area contributed by atoms with Crippen LogP contribution < -0.4 is 5.32 Å². The Morgan fingerprint density at radius 3 is 2.41 bits per heavy atom. The number of rotatable bonds is 5. The van der Waals surface area contributed by atoms with Crippen LogP contribution in [0.5, 0.6) is 0 Å². The highest BCUT2D eigenvalue weighted by Gasteiger charge is 2.29. The smallest absolute Gasteiger partial charge is 0.325 e. The summed E-state index contributed by atoms with van der Waals surface area (Å²) in [6.45, 7) is 1.99. The van der Waals surface area contributed by atoms with Crippen LogP contribution in [-0.4, -0.2) is 21.0 Å². The van der Waals surface area contributed by atoms with E-state index in [9.17, 15) is 18.0 Å². The highest BCUT2D eigenvalue weighted by atomic mass is 32.2. The molecule has 4 nitrogen and oxygen atoms in total. The summed E-state index contributed by atoms with van der Waals surface area (Å²) >= 11 is 2.43. The van der Waals surface area contributed by atoms with Crippen LogP contribution in [0.25, 0.3) is 11.4 Å². The number of carbonyl (C=O) groups excluding carboxylic acids is 1. The van der Waals surface area contributed by atoms with Crippen molar-refractivity contribution in [3.8, 4) is 11.4 Å². The molecule has 3 aromatic rings. The molecule has 3 rings (SSSR count). The number of thioether (sulfide) groups is 1. The first-order valence-electron chi connectivity index (χ1n) is 7.82. The van der Waals surface area contributed by atoms with E-state index in [1.807, 2.05) is 31.2 Å². The standard InChI is InChI=1S/C18H14F3N3OS2/c1-11-2-4-12(5-3-11)16-23-17(27-24-16)26-10-15(25)22-14-8-6-13(7-9-14)18(19,20)21/h2-9H,10H2,1H3,(H,22,25). The molecular weight excluding hydrogens is 395 g/mol. The van der Waals surface area contributed by atoms with Crippen molar-refractivity contribution >= 4 is 34.9 Å². The molecular formula is C18H14F3N3OS2. The minimum absolute atomic E-state index is 0.0869. The van der Waals surface area contributed by atoms with Crippen molar-refractivity contribution in [2.75, 3.05) is 11.1 Å². The lowest BCUT2D eigenvalue weighted by atomic mass is 10.1. The van der Waals surface area contributed by atoms with Gasteiger partial charge in [0.25, 0.3) is 0 Å². The van der Waals surface area contributed by atoms with E-state index < -0.39 is 11.7 Å². The molecule has 0 aliphatic rings. The van der Waals surface area contributed by atoms with E-state index in [1.165, 1.54) is 35.4 Å². The highest BCUT2D eigenvalue weighted by Crippen LogP contribution is 2.30. The number of aryl methyl sites for hydroxylation is 1. The van der Waals surface area contributed by atoms with Crippen LogP contribution in [0, 0.1) is 6.92 Å². The maximum atomic E-state index is 12.5. The third kappa shape index (κ3) is 5.30. The van der Waals surface area contributed by atoms with Crippen molar-refractivity contribution in [3.05, 3.63) is 59.7 Å². The van der Waals surface area contributed by atoms with Crippen LogP contribution in [0.3, 0.4) is 0 Å². The number of aromatic nitrogens is 2.